The molecule has 3 unspecified atom stereocenters. The molecule has 2 N–H and O–H groups in total. The quantitative estimate of drug-likeness (QED) is 0.548. The summed E-state index contributed by atoms with van der Waals surface area (Å²) >= 11 is 11.9. The molecule has 35 heavy (non-hydrogen) atoms. The van der Waals surface area contributed by atoms with Gasteiger partial charge in [-0.2, -0.15) is 13.2 Å². The van der Waals surface area contributed by atoms with Gasteiger partial charge in [0.2, 0.25) is 0 Å². The van der Waals surface area contributed by atoms with Gasteiger partial charge in [-0.15, -0.1) is 0 Å². The predicted octanol–water partition coefficient (Wildman–Crippen LogP) is 5.39. The topological polar surface area (TPSA) is 75.1 Å². The van der Waals surface area contributed by atoms with Crippen LogP contribution in [0, 0.1) is 6.92 Å². The van der Waals surface area contributed by atoms with Crippen LogP contribution in [0.3, 0.4) is 0 Å². The number of aryl methyl sites for hydroxylation is 1. The number of carbonyl (C=O) groups is 1. The molecule has 0 aliphatic carbocycles. The third-order valence-corrected chi connectivity index (χ3v) is 6.65. The van der Waals surface area contributed by atoms with Crippen LogP contribution in [0.25, 0.3) is 0 Å². The van der Waals surface area contributed by atoms with Gasteiger partial charge in [0, 0.05) is 33.6 Å². The largest absolute Gasteiger partial charge is 0.435 e. The van der Waals surface area contributed by atoms with Gasteiger partial charge in [0.05, 0.1) is 18.3 Å². The van der Waals surface area contributed by atoms with Gasteiger partial charge in [-0.05, 0) is 62.2 Å². The van der Waals surface area contributed by atoms with Crippen molar-refractivity contribution in [2.75, 3.05) is 6.54 Å². The van der Waals surface area contributed by atoms with Crippen LogP contribution in [0.1, 0.15) is 47.3 Å². The van der Waals surface area contributed by atoms with E-state index >= 15 is 0 Å². The number of alkyl halides is 3. The Labute approximate surface area is 210 Å². The van der Waals surface area contributed by atoms with Crippen LogP contribution < -0.4 is 10.6 Å². The molecule has 0 saturated heterocycles. The Hall–Kier alpha value is -2.78. The number of nitrogens with zero attached hydrogens (tertiary/aromatic N) is 2. The zero-order valence-corrected chi connectivity index (χ0v) is 20.6. The molecule has 1 amide bonds. The average Bonchev–Trinajstić information content (AvgIpc) is 3.36. The maximum absolute atomic E-state index is 14.2. The number of benzene rings is 2. The van der Waals surface area contributed by atoms with Crippen LogP contribution in [-0.2, 0) is 10.4 Å². The van der Waals surface area contributed by atoms with Crippen LogP contribution in [-0.4, -0.2) is 42.3 Å². The molecule has 6 nitrogen and oxygen atoms in total. The molecule has 0 bridgehead atoms. The van der Waals surface area contributed by atoms with E-state index in [4.69, 9.17) is 28.0 Å². The minimum atomic E-state index is -4.78. The molecule has 186 valence electrons. The average molecular weight is 527 g/mol. The second-order valence-electron chi connectivity index (χ2n) is 8.75. The third-order valence-electron chi connectivity index (χ3n) is 6.21. The van der Waals surface area contributed by atoms with Gasteiger partial charge in [0.25, 0.3) is 11.5 Å². The number of rotatable bonds is 5. The first-order valence-electron chi connectivity index (χ1n) is 10.9. The Balaban J connectivity index is 1.52. The minimum absolute atomic E-state index is 0.0575. The van der Waals surface area contributed by atoms with Crippen LogP contribution in [0.15, 0.2) is 46.5 Å². The number of aliphatic imine (C=N–C) groups is 1. The Bertz CT molecular complexity index is 1210. The van der Waals surface area contributed by atoms with Gasteiger partial charge in [-0.25, -0.2) is 0 Å². The van der Waals surface area contributed by atoms with E-state index in [0.717, 1.165) is 0 Å². The van der Waals surface area contributed by atoms with E-state index in [1.54, 1.807) is 25.1 Å². The highest BCUT2D eigenvalue weighted by Crippen LogP contribution is 2.49. The van der Waals surface area contributed by atoms with Crippen LogP contribution >= 0.6 is 23.2 Å². The van der Waals surface area contributed by atoms with Gasteiger partial charge in [-0.3, -0.25) is 9.79 Å². The zero-order valence-electron chi connectivity index (χ0n) is 19.1. The number of carbonyl (C=O) groups excluding carboxylic acids is 1. The number of halogens is 5. The second-order valence-corrected chi connectivity index (χ2v) is 9.62. The summed E-state index contributed by atoms with van der Waals surface area (Å²) < 4.78 is 42.6. The standard InChI is InChI=1S/C24H23Cl2F3N4O2/c1-12-6-15(4-5-19(12)22(34)30-11-21-31-13(2)14(3)32-21)20-10-23(35-33-20,24(27,28)29)16-7-17(25)9-18(26)8-16/h4-9,13-14H,10-11H2,1-3H3,(H,30,34)(H,31,32). The van der Waals surface area contributed by atoms with Crippen molar-refractivity contribution < 1.29 is 22.8 Å². The van der Waals surface area contributed by atoms with E-state index in [0.29, 0.717) is 22.5 Å². The van der Waals surface area contributed by atoms with Crippen molar-refractivity contribution in [2.45, 2.75) is 51.1 Å². The zero-order chi connectivity index (χ0) is 25.5. The van der Waals surface area contributed by atoms with E-state index in [-0.39, 0.29) is 45.9 Å². The fraction of sp³-hybridized carbons (Fsp3) is 0.375. The van der Waals surface area contributed by atoms with E-state index in [1.165, 1.54) is 18.2 Å². The fourth-order valence-corrected chi connectivity index (χ4v) is 4.60. The monoisotopic (exact) mass is 526 g/mol. The Morgan fingerprint density at radius 3 is 2.46 bits per heavy atom. The molecule has 2 aliphatic heterocycles. The molecule has 2 aromatic rings. The van der Waals surface area contributed by atoms with Crippen molar-refractivity contribution in [1.82, 2.24) is 10.6 Å². The first-order chi connectivity index (χ1) is 16.4. The molecule has 2 aliphatic rings. The molecule has 3 atom stereocenters. The number of hydrogen-bond donors (Lipinski definition) is 2. The highest BCUT2D eigenvalue weighted by atomic mass is 35.5. The lowest BCUT2D eigenvalue weighted by Gasteiger charge is -2.29. The van der Waals surface area contributed by atoms with Gasteiger partial charge >= 0.3 is 6.18 Å². The summed E-state index contributed by atoms with van der Waals surface area (Å²) in [4.78, 5) is 22.2. The summed E-state index contributed by atoms with van der Waals surface area (Å²) in [5.74, 6) is 0.392. The van der Waals surface area contributed by atoms with Gasteiger partial charge in [0.1, 0.15) is 5.84 Å². The summed E-state index contributed by atoms with van der Waals surface area (Å²) in [5, 5.41) is 9.91. The molecular weight excluding hydrogens is 504 g/mol. The lowest BCUT2D eigenvalue weighted by atomic mass is 9.86. The molecule has 4 rings (SSSR count). The molecule has 0 saturated carbocycles. The van der Waals surface area contributed by atoms with Crippen LogP contribution in [0.5, 0.6) is 0 Å². The second kappa shape index (κ2) is 9.35. The van der Waals surface area contributed by atoms with E-state index in [1.807, 2.05) is 13.8 Å². The summed E-state index contributed by atoms with van der Waals surface area (Å²) in [6.07, 6.45) is -5.35. The van der Waals surface area contributed by atoms with Gasteiger partial charge < -0.3 is 15.5 Å². The number of oxime groups is 1. The predicted molar refractivity (Wildman–Crippen MR) is 129 cm³/mol. The molecule has 0 spiro atoms. The Kier molecular flexibility index (Phi) is 6.76. The van der Waals surface area contributed by atoms with Crippen molar-refractivity contribution >= 4 is 40.7 Å². The first kappa shape index (κ1) is 25.3. The maximum atomic E-state index is 14.2. The van der Waals surface area contributed by atoms with Crippen molar-refractivity contribution in [3.05, 3.63) is 68.7 Å². The molecular formula is C24H23Cl2F3N4O2. The van der Waals surface area contributed by atoms with Crippen LogP contribution in [0.2, 0.25) is 10.0 Å². The number of amides is 1. The van der Waals surface area contributed by atoms with E-state index in [2.05, 4.69) is 20.8 Å². The SMILES string of the molecule is Cc1cc(C2=NOC(c3cc(Cl)cc(Cl)c3)(C(F)(F)F)C2)ccc1C(=O)NCC1=NC(C)C(C)N1. The minimum Gasteiger partial charge on any atom is -0.374 e. The smallest absolute Gasteiger partial charge is 0.374 e. The summed E-state index contributed by atoms with van der Waals surface area (Å²) in [5.41, 5.74) is -1.45. The van der Waals surface area contributed by atoms with E-state index < -0.39 is 18.2 Å². The van der Waals surface area contributed by atoms with Gasteiger partial charge in [-0.1, -0.05) is 34.4 Å². The summed E-state index contributed by atoms with van der Waals surface area (Å²) in [7, 11) is 0. The molecule has 0 fully saturated rings. The number of hydrogen-bond acceptors (Lipinski definition) is 5. The third kappa shape index (κ3) is 4.97. The normalized spacial score (nSPS) is 23.9. The maximum Gasteiger partial charge on any atom is 0.435 e. The van der Waals surface area contributed by atoms with Crippen molar-refractivity contribution in [2.24, 2.45) is 10.1 Å². The molecule has 2 aromatic carbocycles. The Morgan fingerprint density at radius 1 is 1.20 bits per heavy atom. The van der Waals surface area contributed by atoms with Crippen molar-refractivity contribution in [3.8, 4) is 0 Å². The highest BCUT2D eigenvalue weighted by Gasteiger charge is 2.62. The molecule has 0 aromatic heterocycles. The number of nitrogens with one attached hydrogen (secondary N) is 2. The summed E-state index contributed by atoms with van der Waals surface area (Å²) in [6, 6.07) is 8.74. The molecule has 0 radical (unpaired) electrons. The van der Waals surface area contributed by atoms with E-state index in [9.17, 15) is 18.0 Å². The van der Waals surface area contributed by atoms with Crippen LogP contribution in [0.4, 0.5) is 13.2 Å². The number of amidine groups is 1. The molecule has 11 heteroatoms. The van der Waals surface area contributed by atoms with Gasteiger partial charge in [0.15, 0.2) is 0 Å². The van der Waals surface area contributed by atoms with Crippen molar-refractivity contribution in [3.63, 3.8) is 0 Å². The van der Waals surface area contributed by atoms with Crippen molar-refractivity contribution in [1.29, 1.82) is 0 Å². The fourth-order valence-electron chi connectivity index (χ4n) is 4.08. The Morgan fingerprint density at radius 2 is 1.89 bits per heavy atom. The lowest BCUT2D eigenvalue weighted by Crippen LogP contribution is -2.42. The summed E-state index contributed by atoms with van der Waals surface area (Å²) in [6.45, 7) is 5.96. The highest BCUT2D eigenvalue weighted by molar-refractivity contribution is 6.34. The first-order valence-corrected chi connectivity index (χ1v) is 11.7. The molecule has 2 heterocycles. The lowest BCUT2D eigenvalue weighted by molar-refractivity contribution is -0.275.